The zero-order valence-electron chi connectivity index (χ0n) is 17.2. The predicted molar refractivity (Wildman–Crippen MR) is 114 cm³/mol. The van der Waals surface area contributed by atoms with E-state index in [1.165, 1.54) is 35.7 Å². The highest BCUT2D eigenvalue weighted by molar-refractivity contribution is 7.89. The van der Waals surface area contributed by atoms with Gasteiger partial charge in [-0.1, -0.05) is 26.0 Å². The summed E-state index contributed by atoms with van der Waals surface area (Å²) in [6.45, 7) is 3.96. The van der Waals surface area contributed by atoms with Gasteiger partial charge in [-0.25, -0.2) is 13.2 Å². The minimum Gasteiger partial charge on any atom is -0.497 e. The van der Waals surface area contributed by atoms with Gasteiger partial charge in [0.15, 0.2) is 12.4 Å². The summed E-state index contributed by atoms with van der Waals surface area (Å²) in [5.74, 6) is -0.371. The topological polar surface area (TPSA) is 90.0 Å². The highest BCUT2D eigenvalue weighted by atomic mass is 32.2. The molecule has 8 heteroatoms. The third-order valence-corrected chi connectivity index (χ3v) is 6.46. The number of benzene rings is 2. The van der Waals surface area contributed by atoms with E-state index in [0.29, 0.717) is 30.0 Å². The Balaban J connectivity index is 1.93. The summed E-state index contributed by atoms with van der Waals surface area (Å²) in [5, 5.41) is 0. The lowest BCUT2D eigenvalue weighted by atomic mass is 10.1. The minimum atomic E-state index is -3.53. The van der Waals surface area contributed by atoms with Gasteiger partial charge in [0.2, 0.25) is 10.0 Å². The maximum atomic E-state index is 12.5. The maximum Gasteiger partial charge on any atom is 0.331 e. The number of carbonyl (C=O) groups excluding carboxylic acids is 2. The highest BCUT2D eigenvalue weighted by Crippen LogP contribution is 2.17. The summed E-state index contributed by atoms with van der Waals surface area (Å²) >= 11 is 0. The number of Topliss-reactive ketones (excluding diaryl/α,β-unsaturated/α-hetero) is 1. The third kappa shape index (κ3) is 6.01. The van der Waals surface area contributed by atoms with E-state index in [1.54, 1.807) is 50.2 Å². The monoisotopic (exact) mass is 431 g/mol. The van der Waals surface area contributed by atoms with Crippen molar-refractivity contribution in [1.29, 1.82) is 0 Å². The van der Waals surface area contributed by atoms with Gasteiger partial charge in [0.1, 0.15) is 5.75 Å². The van der Waals surface area contributed by atoms with Gasteiger partial charge >= 0.3 is 5.97 Å². The van der Waals surface area contributed by atoms with Crippen LogP contribution in [0.15, 0.2) is 59.5 Å². The fourth-order valence-electron chi connectivity index (χ4n) is 2.67. The molecule has 0 spiro atoms. The van der Waals surface area contributed by atoms with Crippen molar-refractivity contribution in [2.45, 2.75) is 18.7 Å². The van der Waals surface area contributed by atoms with Gasteiger partial charge in [-0.15, -0.1) is 0 Å². The summed E-state index contributed by atoms with van der Waals surface area (Å²) in [4.78, 5) is 24.1. The Labute approximate surface area is 177 Å². The molecule has 0 heterocycles. The van der Waals surface area contributed by atoms with Crippen LogP contribution in [-0.2, 0) is 19.6 Å². The first-order valence-electron chi connectivity index (χ1n) is 9.44. The van der Waals surface area contributed by atoms with Gasteiger partial charge < -0.3 is 9.47 Å². The number of methoxy groups -OCH3 is 1. The molecule has 0 saturated carbocycles. The number of hydrogen-bond acceptors (Lipinski definition) is 6. The molecular formula is C22H25NO6S. The Kier molecular flexibility index (Phi) is 8.32. The molecule has 0 atom stereocenters. The van der Waals surface area contributed by atoms with Crippen LogP contribution in [0.25, 0.3) is 6.08 Å². The van der Waals surface area contributed by atoms with Crippen molar-refractivity contribution < 1.29 is 27.5 Å². The first-order chi connectivity index (χ1) is 14.3. The Bertz CT molecular complexity index is 991. The van der Waals surface area contributed by atoms with Gasteiger partial charge in [-0.05, 0) is 48.0 Å². The molecule has 0 saturated heterocycles. The van der Waals surface area contributed by atoms with E-state index < -0.39 is 16.0 Å². The van der Waals surface area contributed by atoms with Gasteiger partial charge in [0, 0.05) is 24.7 Å². The molecule has 0 N–H and O–H groups in total. The van der Waals surface area contributed by atoms with Crippen LogP contribution < -0.4 is 4.74 Å². The van der Waals surface area contributed by atoms with Crippen LogP contribution in [0.1, 0.15) is 29.8 Å². The molecule has 2 rings (SSSR count). The molecule has 2 aromatic carbocycles. The number of ether oxygens (including phenoxy) is 2. The molecule has 160 valence electrons. The Morgan fingerprint density at radius 2 is 1.57 bits per heavy atom. The standard InChI is InChI=1S/C22H25NO6S/c1-4-23(5-2)30(26,27)20-13-6-17(7-14-20)8-15-22(25)29-16-21(24)18-9-11-19(28-3)12-10-18/h6-15H,4-5,16H2,1-3H3/b15-8+. The Morgan fingerprint density at radius 1 is 0.967 bits per heavy atom. The van der Waals surface area contributed by atoms with Crippen LogP contribution in [-0.4, -0.2) is 51.3 Å². The molecule has 0 aliphatic rings. The zero-order valence-corrected chi connectivity index (χ0v) is 18.0. The van der Waals surface area contributed by atoms with E-state index in [9.17, 15) is 18.0 Å². The van der Waals surface area contributed by atoms with Crippen molar-refractivity contribution in [1.82, 2.24) is 4.31 Å². The summed E-state index contributed by atoms with van der Waals surface area (Å²) in [6.07, 6.45) is 2.68. The minimum absolute atomic E-state index is 0.191. The average molecular weight is 432 g/mol. The number of hydrogen-bond donors (Lipinski definition) is 0. The van der Waals surface area contributed by atoms with Crippen molar-refractivity contribution >= 4 is 27.9 Å². The number of sulfonamides is 1. The smallest absolute Gasteiger partial charge is 0.331 e. The number of ketones is 1. The van der Waals surface area contributed by atoms with Crippen molar-refractivity contribution in [2.75, 3.05) is 26.8 Å². The first-order valence-corrected chi connectivity index (χ1v) is 10.9. The van der Waals surface area contributed by atoms with Crippen LogP contribution in [0.5, 0.6) is 5.75 Å². The number of rotatable bonds is 10. The summed E-state index contributed by atoms with van der Waals surface area (Å²) in [7, 11) is -2.00. The van der Waals surface area contributed by atoms with E-state index in [4.69, 9.17) is 9.47 Å². The summed E-state index contributed by atoms with van der Waals surface area (Å²) in [5.41, 5.74) is 1.05. The summed E-state index contributed by atoms with van der Waals surface area (Å²) < 4.78 is 36.3. The van der Waals surface area contributed by atoms with Crippen molar-refractivity contribution in [2.24, 2.45) is 0 Å². The highest BCUT2D eigenvalue weighted by Gasteiger charge is 2.20. The molecule has 0 aliphatic carbocycles. The van der Waals surface area contributed by atoms with Gasteiger partial charge in [0.25, 0.3) is 0 Å². The molecule has 0 bridgehead atoms. The van der Waals surface area contributed by atoms with E-state index in [2.05, 4.69) is 0 Å². The molecule has 0 fully saturated rings. The third-order valence-electron chi connectivity index (χ3n) is 4.39. The molecule has 7 nitrogen and oxygen atoms in total. The quantitative estimate of drug-likeness (QED) is 0.326. The fourth-order valence-corrected chi connectivity index (χ4v) is 4.13. The average Bonchev–Trinajstić information content (AvgIpc) is 2.77. The lowest BCUT2D eigenvalue weighted by molar-refractivity contribution is -0.136. The normalized spacial score (nSPS) is 11.6. The molecule has 0 aromatic heterocycles. The maximum absolute atomic E-state index is 12.5. The largest absolute Gasteiger partial charge is 0.497 e. The second kappa shape index (κ2) is 10.7. The number of nitrogens with zero attached hydrogens (tertiary/aromatic N) is 1. The van der Waals surface area contributed by atoms with E-state index in [-0.39, 0.29) is 17.3 Å². The zero-order chi connectivity index (χ0) is 22.1. The van der Waals surface area contributed by atoms with E-state index in [1.807, 2.05) is 0 Å². The Hall–Kier alpha value is -2.97. The van der Waals surface area contributed by atoms with Gasteiger partial charge in [-0.3, -0.25) is 4.79 Å². The van der Waals surface area contributed by atoms with Gasteiger partial charge in [0.05, 0.1) is 12.0 Å². The van der Waals surface area contributed by atoms with Crippen LogP contribution >= 0.6 is 0 Å². The SMILES string of the molecule is CCN(CC)S(=O)(=O)c1ccc(/C=C/C(=O)OCC(=O)c2ccc(OC)cc2)cc1. The van der Waals surface area contributed by atoms with Gasteiger partial charge in [-0.2, -0.15) is 4.31 Å². The molecular weight excluding hydrogens is 406 g/mol. The van der Waals surface area contributed by atoms with E-state index >= 15 is 0 Å². The van der Waals surface area contributed by atoms with Crippen LogP contribution in [0, 0.1) is 0 Å². The molecule has 30 heavy (non-hydrogen) atoms. The molecule has 0 unspecified atom stereocenters. The molecule has 0 radical (unpaired) electrons. The van der Waals surface area contributed by atoms with Crippen molar-refractivity contribution in [3.8, 4) is 5.75 Å². The summed E-state index contributed by atoms with van der Waals surface area (Å²) in [6, 6.07) is 12.7. The van der Waals surface area contributed by atoms with E-state index in [0.717, 1.165) is 0 Å². The second-order valence-electron chi connectivity index (χ2n) is 6.25. The van der Waals surface area contributed by atoms with Crippen LogP contribution in [0.3, 0.4) is 0 Å². The second-order valence-corrected chi connectivity index (χ2v) is 8.19. The van der Waals surface area contributed by atoms with Crippen molar-refractivity contribution in [3.63, 3.8) is 0 Å². The lowest BCUT2D eigenvalue weighted by Crippen LogP contribution is -2.30. The van der Waals surface area contributed by atoms with Crippen LogP contribution in [0.2, 0.25) is 0 Å². The molecule has 0 amide bonds. The number of carbonyl (C=O) groups is 2. The van der Waals surface area contributed by atoms with Crippen molar-refractivity contribution in [3.05, 3.63) is 65.7 Å². The molecule has 2 aromatic rings. The predicted octanol–water partition coefficient (Wildman–Crippen LogP) is 3.17. The first kappa shape index (κ1) is 23.3. The number of esters is 1. The van der Waals surface area contributed by atoms with Crippen LogP contribution in [0.4, 0.5) is 0 Å². The fraction of sp³-hybridized carbons (Fsp3) is 0.273. The Morgan fingerprint density at radius 3 is 2.10 bits per heavy atom. The molecule has 0 aliphatic heterocycles. The lowest BCUT2D eigenvalue weighted by Gasteiger charge is -2.18.